The first-order valence-electron chi connectivity index (χ1n) is 10.3. The highest BCUT2D eigenvalue weighted by Crippen LogP contribution is 2.35. The first kappa shape index (κ1) is 24.7. The molecule has 34 heavy (non-hydrogen) atoms. The summed E-state index contributed by atoms with van der Waals surface area (Å²) >= 11 is 8.52. The van der Waals surface area contributed by atoms with Gasteiger partial charge in [-0.3, -0.25) is 14.2 Å². The van der Waals surface area contributed by atoms with Gasteiger partial charge in [0.15, 0.2) is 5.16 Å². The van der Waals surface area contributed by atoms with Crippen molar-refractivity contribution in [1.29, 1.82) is 0 Å². The van der Waals surface area contributed by atoms with Crippen molar-refractivity contribution in [2.24, 2.45) is 0 Å². The first-order valence-corrected chi connectivity index (χ1v) is 12.5. The van der Waals surface area contributed by atoms with Crippen LogP contribution in [0.5, 0.6) is 0 Å². The number of nitrogens with zero attached hydrogens (tertiary/aromatic N) is 2. The SMILES string of the molecule is CC1Cc2nc(SCC(=O)Nc3cc(C(F)(F)F)ccc3Cl)n(Cc3ccccc3)c(=O)c2S1. The van der Waals surface area contributed by atoms with Crippen LogP contribution in [0.3, 0.4) is 0 Å². The number of halogens is 4. The lowest BCUT2D eigenvalue weighted by Gasteiger charge is -2.14. The molecule has 5 nitrogen and oxygen atoms in total. The Labute approximate surface area is 207 Å². The Balaban J connectivity index is 1.56. The van der Waals surface area contributed by atoms with Gasteiger partial charge in [0.1, 0.15) is 0 Å². The normalized spacial score (nSPS) is 15.3. The number of anilines is 1. The van der Waals surface area contributed by atoms with E-state index in [9.17, 15) is 22.8 Å². The average molecular weight is 526 g/mol. The van der Waals surface area contributed by atoms with Gasteiger partial charge in [-0.1, -0.05) is 60.6 Å². The number of thioether (sulfide) groups is 2. The number of carbonyl (C=O) groups excluding carboxylic acids is 1. The van der Waals surface area contributed by atoms with Crippen LogP contribution in [0.1, 0.15) is 23.7 Å². The minimum Gasteiger partial charge on any atom is -0.324 e. The molecule has 1 aromatic heterocycles. The fourth-order valence-electron chi connectivity index (χ4n) is 3.46. The summed E-state index contributed by atoms with van der Waals surface area (Å²) < 4.78 is 40.5. The van der Waals surface area contributed by atoms with Crippen molar-refractivity contribution in [1.82, 2.24) is 9.55 Å². The smallest absolute Gasteiger partial charge is 0.324 e. The first-order chi connectivity index (χ1) is 16.1. The topological polar surface area (TPSA) is 64.0 Å². The Hall–Kier alpha value is -2.43. The van der Waals surface area contributed by atoms with E-state index in [2.05, 4.69) is 10.3 Å². The summed E-state index contributed by atoms with van der Waals surface area (Å²) in [5.41, 5.74) is 0.409. The van der Waals surface area contributed by atoms with Crippen molar-refractivity contribution in [2.45, 2.75) is 41.4 Å². The van der Waals surface area contributed by atoms with Gasteiger partial charge in [0, 0.05) is 11.7 Å². The number of fused-ring (bicyclic) bond motifs is 1. The van der Waals surface area contributed by atoms with Crippen LogP contribution in [0.15, 0.2) is 63.4 Å². The highest BCUT2D eigenvalue weighted by Gasteiger charge is 2.31. The molecule has 4 rings (SSSR count). The van der Waals surface area contributed by atoms with E-state index in [-0.39, 0.29) is 33.8 Å². The average Bonchev–Trinajstić information content (AvgIpc) is 3.16. The molecular weight excluding hydrogens is 507 g/mol. The van der Waals surface area contributed by atoms with Crippen molar-refractivity contribution in [2.75, 3.05) is 11.1 Å². The van der Waals surface area contributed by atoms with E-state index < -0.39 is 17.6 Å². The molecule has 1 aliphatic rings. The number of alkyl halides is 3. The van der Waals surface area contributed by atoms with Crippen LogP contribution in [0.4, 0.5) is 18.9 Å². The van der Waals surface area contributed by atoms with Crippen LogP contribution in [0.25, 0.3) is 0 Å². The lowest BCUT2D eigenvalue weighted by Crippen LogP contribution is -2.26. The van der Waals surface area contributed by atoms with Crippen LogP contribution in [0.2, 0.25) is 5.02 Å². The molecule has 0 fully saturated rings. The number of amides is 1. The summed E-state index contributed by atoms with van der Waals surface area (Å²) in [7, 11) is 0. The quantitative estimate of drug-likeness (QED) is 0.329. The van der Waals surface area contributed by atoms with Gasteiger partial charge < -0.3 is 5.32 Å². The molecular formula is C23H19ClF3N3O2S2. The third-order valence-corrected chi connectivity index (χ3v) is 7.57. The lowest BCUT2D eigenvalue weighted by molar-refractivity contribution is -0.137. The number of carbonyl (C=O) groups is 1. The van der Waals surface area contributed by atoms with Gasteiger partial charge in [-0.2, -0.15) is 13.2 Å². The predicted molar refractivity (Wildman–Crippen MR) is 129 cm³/mol. The molecule has 0 saturated heterocycles. The molecule has 0 aliphatic carbocycles. The number of benzene rings is 2. The van der Waals surface area contributed by atoms with E-state index in [0.717, 1.165) is 35.5 Å². The van der Waals surface area contributed by atoms with Crippen LogP contribution in [-0.4, -0.2) is 26.5 Å². The van der Waals surface area contributed by atoms with Crippen LogP contribution < -0.4 is 10.9 Å². The summed E-state index contributed by atoms with van der Waals surface area (Å²) in [5.74, 6) is -0.718. The Morgan fingerprint density at radius 3 is 2.71 bits per heavy atom. The molecule has 3 aromatic rings. The minimum atomic E-state index is -4.56. The van der Waals surface area contributed by atoms with Crippen molar-refractivity contribution < 1.29 is 18.0 Å². The highest BCUT2D eigenvalue weighted by atomic mass is 35.5. The molecule has 1 unspecified atom stereocenters. The third-order valence-electron chi connectivity index (χ3n) is 5.05. The summed E-state index contributed by atoms with van der Waals surface area (Å²) in [6.07, 6.45) is -3.91. The maximum Gasteiger partial charge on any atom is 0.416 e. The van der Waals surface area contributed by atoms with Crippen molar-refractivity contribution in [3.05, 3.63) is 80.7 Å². The molecule has 1 aliphatic heterocycles. The zero-order chi connectivity index (χ0) is 24.5. The highest BCUT2D eigenvalue weighted by molar-refractivity contribution is 8.00. The van der Waals surface area contributed by atoms with E-state index in [4.69, 9.17) is 11.6 Å². The van der Waals surface area contributed by atoms with Gasteiger partial charge >= 0.3 is 6.18 Å². The van der Waals surface area contributed by atoms with Crippen molar-refractivity contribution >= 4 is 46.7 Å². The van der Waals surface area contributed by atoms with E-state index in [0.29, 0.717) is 22.2 Å². The Kier molecular flexibility index (Phi) is 7.30. The predicted octanol–water partition coefficient (Wildman–Crippen LogP) is 5.73. The second-order valence-corrected chi connectivity index (χ2v) is 10.5. The largest absolute Gasteiger partial charge is 0.416 e. The lowest BCUT2D eigenvalue weighted by atomic mass is 10.2. The maximum atomic E-state index is 13.2. The van der Waals surface area contributed by atoms with Gasteiger partial charge in [-0.15, -0.1) is 11.8 Å². The molecule has 11 heteroatoms. The summed E-state index contributed by atoms with van der Waals surface area (Å²) in [6, 6.07) is 12.1. The molecule has 1 atom stereocenters. The monoisotopic (exact) mass is 525 g/mol. The number of rotatable bonds is 6. The van der Waals surface area contributed by atoms with Crippen LogP contribution in [0, 0.1) is 0 Å². The van der Waals surface area contributed by atoms with Gasteiger partial charge in [0.2, 0.25) is 5.91 Å². The standard InChI is InChI=1S/C23H19ClF3N3O2S2/c1-13-9-18-20(34-13)21(32)30(11-14-5-3-2-4-6-14)22(29-18)33-12-19(31)28-17-10-15(23(25,26)27)7-8-16(17)24/h2-8,10,13H,9,11-12H2,1H3,(H,28,31). The number of hydrogen-bond acceptors (Lipinski definition) is 5. The Morgan fingerprint density at radius 1 is 1.26 bits per heavy atom. The van der Waals surface area contributed by atoms with Crippen molar-refractivity contribution in [3.63, 3.8) is 0 Å². The molecule has 0 radical (unpaired) electrons. The molecule has 1 N–H and O–H groups in total. The molecule has 0 spiro atoms. The molecule has 2 heterocycles. The Morgan fingerprint density at radius 2 is 2.00 bits per heavy atom. The van der Waals surface area contributed by atoms with Gasteiger partial charge in [-0.05, 0) is 23.8 Å². The van der Waals surface area contributed by atoms with Crippen molar-refractivity contribution in [3.8, 4) is 0 Å². The molecule has 0 bridgehead atoms. The van der Waals surface area contributed by atoms with E-state index in [1.807, 2.05) is 37.3 Å². The molecule has 178 valence electrons. The molecule has 1 amide bonds. The second kappa shape index (κ2) is 10.1. The zero-order valence-electron chi connectivity index (χ0n) is 17.9. The number of aromatic nitrogens is 2. The summed E-state index contributed by atoms with van der Waals surface area (Å²) in [5, 5.41) is 3.03. The summed E-state index contributed by atoms with van der Waals surface area (Å²) in [6.45, 7) is 2.31. The summed E-state index contributed by atoms with van der Waals surface area (Å²) in [4.78, 5) is 31.0. The van der Waals surface area contributed by atoms with E-state index in [1.54, 1.807) is 0 Å². The molecule has 2 aromatic carbocycles. The Bertz CT molecular complexity index is 1280. The third kappa shape index (κ3) is 5.61. The van der Waals surface area contributed by atoms with Gasteiger partial charge in [-0.25, -0.2) is 4.98 Å². The van der Waals surface area contributed by atoms with E-state index >= 15 is 0 Å². The molecule has 0 saturated carbocycles. The fourth-order valence-corrected chi connectivity index (χ4v) is 5.56. The van der Waals surface area contributed by atoms with Gasteiger partial charge in [0.05, 0.1) is 39.2 Å². The maximum absolute atomic E-state index is 13.2. The minimum absolute atomic E-state index is 0.00555. The fraction of sp³-hybridized carbons (Fsp3) is 0.261. The number of nitrogens with one attached hydrogen (secondary N) is 1. The zero-order valence-corrected chi connectivity index (χ0v) is 20.2. The second-order valence-electron chi connectivity index (χ2n) is 7.71. The number of hydrogen-bond donors (Lipinski definition) is 1. The van der Waals surface area contributed by atoms with Crippen LogP contribution >= 0.6 is 35.1 Å². The van der Waals surface area contributed by atoms with Gasteiger partial charge in [0.25, 0.3) is 5.56 Å². The van der Waals surface area contributed by atoms with E-state index in [1.165, 1.54) is 16.3 Å². The van der Waals surface area contributed by atoms with Crippen LogP contribution in [-0.2, 0) is 23.9 Å².